The quantitative estimate of drug-likeness (QED) is 0.823. The zero-order valence-electron chi connectivity index (χ0n) is 12.1. The van der Waals surface area contributed by atoms with Crippen LogP contribution in [-0.4, -0.2) is 32.9 Å². The van der Waals surface area contributed by atoms with Gasteiger partial charge < -0.3 is 14.8 Å². The average molecular weight is 283 g/mol. The van der Waals surface area contributed by atoms with E-state index in [9.17, 15) is 14.7 Å². The lowest BCUT2D eigenvalue weighted by Gasteiger charge is -2.36. The monoisotopic (exact) mass is 283 g/mol. The number of aromatic nitrogens is 2. The number of hydrogen-bond donors (Lipinski definition) is 2. The topological polar surface area (TPSA) is 97.4 Å². The molecule has 1 fully saturated rings. The second-order valence-electron chi connectivity index (χ2n) is 6.09. The van der Waals surface area contributed by atoms with Crippen molar-refractivity contribution >= 4 is 5.91 Å². The van der Waals surface area contributed by atoms with E-state index in [1.165, 1.54) is 0 Å². The maximum absolute atomic E-state index is 11.8. The lowest BCUT2D eigenvalue weighted by Crippen LogP contribution is -2.50. The molecule has 2 N–H and O–H groups in total. The zero-order valence-corrected chi connectivity index (χ0v) is 12.1. The normalized spacial score (nSPS) is 24.8. The fraction of sp³-hybridized carbons (Fsp3) is 0.769. The van der Waals surface area contributed by atoms with Gasteiger partial charge in [-0.3, -0.25) is 4.79 Å². The Kier molecular flexibility index (Phi) is 3.73. The first-order valence-corrected chi connectivity index (χ1v) is 6.77. The van der Waals surface area contributed by atoms with Gasteiger partial charge in [0.2, 0.25) is 11.8 Å². The zero-order chi connectivity index (χ0) is 15.0. The molecule has 0 saturated heterocycles. The Balaban J connectivity index is 1.93. The number of carbonyl (C=O) groups is 1. The Morgan fingerprint density at radius 1 is 1.50 bits per heavy atom. The standard InChI is InChI=1S/C13H21N3O4/c1-9-15-16(11(18)20-9)7-10(17)14-8-13(19)6-4-5-12(13,2)3/h19H,4-8H2,1-3H3,(H,14,17). The maximum Gasteiger partial charge on any atom is 0.437 e. The van der Waals surface area contributed by atoms with Crippen molar-refractivity contribution in [2.75, 3.05) is 6.54 Å². The molecule has 0 radical (unpaired) electrons. The van der Waals surface area contributed by atoms with Crippen LogP contribution in [0.1, 0.15) is 39.0 Å². The summed E-state index contributed by atoms with van der Waals surface area (Å²) in [7, 11) is 0. The van der Waals surface area contributed by atoms with E-state index < -0.39 is 11.4 Å². The number of nitrogens with zero attached hydrogens (tertiary/aromatic N) is 2. The molecule has 0 aromatic carbocycles. The molecule has 1 aliphatic rings. The molecule has 7 nitrogen and oxygen atoms in total. The van der Waals surface area contributed by atoms with Gasteiger partial charge in [-0.25, -0.2) is 4.79 Å². The van der Waals surface area contributed by atoms with Gasteiger partial charge >= 0.3 is 5.76 Å². The number of carbonyl (C=O) groups excluding carboxylic acids is 1. The minimum Gasteiger partial charge on any atom is -0.393 e. The van der Waals surface area contributed by atoms with E-state index in [1.807, 2.05) is 13.8 Å². The number of nitrogens with one attached hydrogen (secondary N) is 1. The number of amides is 1. The minimum absolute atomic E-state index is 0.185. The van der Waals surface area contributed by atoms with Gasteiger partial charge in [0.15, 0.2) is 0 Å². The summed E-state index contributed by atoms with van der Waals surface area (Å²) in [5.41, 5.74) is -1.12. The van der Waals surface area contributed by atoms with E-state index >= 15 is 0 Å². The molecule has 1 unspecified atom stereocenters. The van der Waals surface area contributed by atoms with E-state index in [1.54, 1.807) is 6.92 Å². The highest BCUT2D eigenvalue weighted by molar-refractivity contribution is 5.75. The molecular weight excluding hydrogens is 262 g/mol. The average Bonchev–Trinajstić information content (AvgIpc) is 2.78. The molecule has 112 valence electrons. The van der Waals surface area contributed by atoms with E-state index in [0.717, 1.165) is 17.5 Å². The highest BCUT2D eigenvalue weighted by atomic mass is 16.4. The molecule has 1 saturated carbocycles. The summed E-state index contributed by atoms with van der Waals surface area (Å²) < 4.78 is 5.68. The first-order chi connectivity index (χ1) is 9.23. The number of hydrogen-bond acceptors (Lipinski definition) is 5. The van der Waals surface area contributed by atoms with Crippen LogP contribution >= 0.6 is 0 Å². The first kappa shape index (κ1) is 14.8. The SMILES string of the molecule is Cc1nn(CC(=O)NCC2(O)CCCC2(C)C)c(=O)o1. The molecule has 7 heteroatoms. The number of aliphatic hydroxyl groups is 1. The molecular formula is C13H21N3O4. The predicted molar refractivity (Wildman–Crippen MR) is 71.1 cm³/mol. The van der Waals surface area contributed by atoms with Crippen LogP contribution in [0.2, 0.25) is 0 Å². The molecule has 1 atom stereocenters. The molecule has 20 heavy (non-hydrogen) atoms. The van der Waals surface area contributed by atoms with Crippen LogP contribution in [0.25, 0.3) is 0 Å². The molecule has 1 aromatic heterocycles. The third-order valence-electron chi connectivity index (χ3n) is 4.23. The van der Waals surface area contributed by atoms with Crippen LogP contribution < -0.4 is 11.1 Å². The third kappa shape index (κ3) is 2.77. The minimum atomic E-state index is -0.895. The van der Waals surface area contributed by atoms with Crippen LogP contribution in [0.3, 0.4) is 0 Å². The van der Waals surface area contributed by atoms with Crippen LogP contribution in [0.15, 0.2) is 9.21 Å². The second-order valence-corrected chi connectivity index (χ2v) is 6.09. The van der Waals surface area contributed by atoms with Gasteiger partial charge in [-0.15, -0.1) is 5.10 Å². The van der Waals surface area contributed by atoms with Gasteiger partial charge in [-0.2, -0.15) is 4.68 Å². The van der Waals surface area contributed by atoms with E-state index in [0.29, 0.717) is 6.42 Å². The summed E-state index contributed by atoms with van der Waals surface area (Å²) in [6.45, 7) is 5.52. The molecule has 1 aromatic rings. The molecule has 0 spiro atoms. The van der Waals surface area contributed by atoms with Crippen molar-refractivity contribution in [2.45, 2.75) is 52.2 Å². The lowest BCUT2D eigenvalue weighted by atomic mass is 9.78. The summed E-state index contributed by atoms with van der Waals surface area (Å²) in [5, 5.41) is 17.0. The molecule has 1 aliphatic carbocycles. The Labute approximate surface area is 117 Å². The molecule has 0 bridgehead atoms. The number of rotatable bonds is 4. The fourth-order valence-corrected chi connectivity index (χ4v) is 2.67. The highest BCUT2D eigenvalue weighted by Crippen LogP contribution is 2.45. The van der Waals surface area contributed by atoms with Crippen molar-refractivity contribution < 1.29 is 14.3 Å². The van der Waals surface area contributed by atoms with E-state index in [4.69, 9.17) is 4.42 Å². The van der Waals surface area contributed by atoms with Gasteiger partial charge in [-0.05, 0) is 24.7 Å². The van der Waals surface area contributed by atoms with Crippen molar-refractivity contribution in [1.29, 1.82) is 0 Å². The number of aryl methyl sites for hydroxylation is 1. The predicted octanol–water partition coefficient (Wildman–Crippen LogP) is 0.202. The van der Waals surface area contributed by atoms with Gasteiger partial charge in [-0.1, -0.05) is 13.8 Å². The van der Waals surface area contributed by atoms with E-state index in [-0.39, 0.29) is 30.3 Å². The van der Waals surface area contributed by atoms with Crippen LogP contribution in [0.5, 0.6) is 0 Å². The maximum atomic E-state index is 11.8. The summed E-state index contributed by atoms with van der Waals surface area (Å²) in [6, 6.07) is 0. The molecule has 1 heterocycles. The van der Waals surface area contributed by atoms with Gasteiger partial charge in [0.05, 0.1) is 5.60 Å². The summed E-state index contributed by atoms with van der Waals surface area (Å²) in [6.07, 6.45) is 2.55. The summed E-state index contributed by atoms with van der Waals surface area (Å²) in [5.74, 6) is -0.799. The Hall–Kier alpha value is -1.63. The Bertz CT molecular complexity index is 560. The van der Waals surface area contributed by atoms with Crippen molar-refractivity contribution in [3.63, 3.8) is 0 Å². The van der Waals surface area contributed by atoms with Gasteiger partial charge in [0.25, 0.3) is 0 Å². The van der Waals surface area contributed by atoms with Crippen molar-refractivity contribution in [3.05, 3.63) is 16.4 Å². The van der Waals surface area contributed by atoms with Crippen molar-refractivity contribution in [1.82, 2.24) is 15.1 Å². The molecule has 2 rings (SSSR count). The Morgan fingerprint density at radius 2 is 2.20 bits per heavy atom. The highest BCUT2D eigenvalue weighted by Gasteiger charge is 2.47. The molecule has 0 aliphatic heterocycles. The fourth-order valence-electron chi connectivity index (χ4n) is 2.67. The second kappa shape index (κ2) is 5.05. The first-order valence-electron chi connectivity index (χ1n) is 6.77. The van der Waals surface area contributed by atoms with Gasteiger partial charge in [0.1, 0.15) is 6.54 Å². The molecule has 1 amide bonds. The lowest BCUT2D eigenvalue weighted by molar-refractivity contribution is -0.124. The Morgan fingerprint density at radius 3 is 2.70 bits per heavy atom. The van der Waals surface area contributed by atoms with Crippen LogP contribution in [-0.2, 0) is 11.3 Å². The third-order valence-corrected chi connectivity index (χ3v) is 4.23. The summed E-state index contributed by atoms with van der Waals surface area (Å²) >= 11 is 0. The van der Waals surface area contributed by atoms with Crippen molar-refractivity contribution in [3.8, 4) is 0 Å². The van der Waals surface area contributed by atoms with Crippen LogP contribution in [0.4, 0.5) is 0 Å². The van der Waals surface area contributed by atoms with Crippen LogP contribution in [0, 0.1) is 12.3 Å². The van der Waals surface area contributed by atoms with Crippen molar-refractivity contribution in [2.24, 2.45) is 5.41 Å². The largest absolute Gasteiger partial charge is 0.437 e. The summed E-state index contributed by atoms with van der Waals surface area (Å²) in [4.78, 5) is 23.1. The smallest absolute Gasteiger partial charge is 0.393 e. The van der Waals surface area contributed by atoms with Gasteiger partial charge in [0, 0.05) is 13.5 Å². The van der Waals surface area contributed by atoms with E-state index in [2.05, 4.69) is 10.4 Å².